The lowest BCUT2D eigenvalue weighted by Crippen LogP contribution is -2.39. The number of hydrogen-bond acceptors (Lipinski definition) is 6. The van der Waals surface area contributed by atoms with E-state index in [1.54, 1.807) is 18.0 Å². The number of thioether (sulfide) groups is 1. The second-order valence-corrected chi connectivity index (χ2v) is 8.79. The van der Waals surface area contributed by atoms with Crippen molar-refractivity contribution < 1.29 is 4.79 Å². The van der Waals surface area contributed by atoms with Crippen LogP contribution in [0.1, 0.15) is 45.4 Å². The van der Waals surface area contributed by atoms with Crippen molar-refractivity contribution >= 4 is 29.0 Å². The van der Waals surface area contributed by atoms with Crippen molar-refractivity contribution in [2.45, 2.75) is 36.6 Å². The van der Waals surface area contributed by atoms with Crippen molar-refractivity contribution in [2.24, 2.45) is 0 Å². The molecule has 0 bridgehead atoms. The summed E-state index contributed by atoms with van der Waals surface area (Å²) in [6.45, 7) is 3.60. The van der Waals surface area contributed by atoms with E-state index in [1.165, 1.54) is 11.3 Å². The van der Waals surface area contributed by atoms with Gasteiger partial charge in [-0.2, -0.15) is 0 Å². The molecule has 1 saturated heterocycles. The van der Waals surface area contributed by atoms with Crippen molar-refractivity contribution in [1.29, 1.82) is 0 Å². The maximum Gasteiger partial charge on any atom is 0.263 e. The van der Waals surface area contributed by atoms with E-state index in [1.807, 2.05) is 46.8 Å². The van der Waals surface area contributed by atoms with Gasteiger partial charge in [0.1, 0.15) is 0 Å². The third-order valence-corrected chi connectivity index (χ3v) is 6.64. The second kappa shape index (κ2) is 8.84. The Hall–Kier alpha value is -2.25. The number of carbonyl (C=O) groups is 1. The predicted octanol–water partition coefficient (Wildman–Crippen LogP) is 4.55. The molecule has 4 rings (SSSR count). The van der Waals surface area contributed by atoms with Crippen molar-refractivity contribution in [3.8, 4) is 0 Å². The predicted molar refractivity (Wildman–Crippen MR) is 113 cm³/mol. The van der Waals surface area contributed by atoms with Crippen LogP contribution >= 0.6 is 23.1 Å². The van der Waals surface area contributed by atoms with Gasteiger partial charge >= 0.3 is 0 Å². The average molecular weight is 411 g/mol. The maximum absolute atomic E-state index is 12.7. The molecule has 0 radical (unpaired) electrons. The number of aryl methyl sites for hydroxylation is 1. The van der Waals surface area contributed by atoms with Crippen LogP contribution in [0.3, 0.4) is 0 Å². The highest BCUT2D eigenvalue weighted by Gasteiger charge is 2.28. The van der Waals surface area contributed by atoms with Crippen molar-refractivity contribution in [2.75, 3.05) is 13.1 Å². The molecule has 1 aliphatic heterocycles. The molecule has 144 valence electrons. The van der Waals surface area contributed by atoms with Crippen molar-refractivity contribution in [3.05, 3.63) is 69.9 Å². The molecule has 0 saturated carbocycles. The Kier molecular flexibility index (Phi) is 6.02. The van der Waals surface area contributed by atoms with E-state index in [2.05, 4.69) is 16.9 Å². The van der Waals surface area contributed by atoms with Crippen molar-refractivity contribution in [3.63, 3.8) is 0 Å². The van der Waals surface area contributed by atoms with E-state index >= 15 is 0 Å². The van der Waals surface area contributed by atoms with Gasteiger partial charge in [0.05, 0.1) is 16.3 Å². The zero-order valence-electron chi connectivity index (χ0n) is 15.7. The molecule has 5 nitrogen and oxygen atoms in total. The highest BCUT2D eigenvalue weighted by Crippen LogP contribution is 2.30. The van der Waals surface area contributed by atoms with Crippen LogP contribution in [-0.2, 0) is 5.75 Å². The summed E-state index contributed by atoms with van der Waals surface area (Å²) in [5, 5.41) is 2.72. The fraction of sp³-hybridized carbons (Fsp3) is 0.333. The SMILES string of the molecule is Cc1cnc(SCc2ccccn2)nc1[C@H]1CCCN(C(=O)c2cccs2)C1. The third kappa shape index (κ3) is 4.42. The lowest BCUT2D eigenvalue weighted by atomic mass is 9.92. The van der Waals surface area contributed by atoms with Gasteiger partial charge in [-0.05, 0) is 48.9 Å². The Balaban J connectivity index is 1.47. The minimum absolute atomic E-state index is 0.135. The quantitative estimate of drug-likeness (QED) is 0.456. The Morgan fingerprint density at radius 3 is 3.00 bits per heavy atom. The molecule has 1 fully saturated rings. The topological polar surface area (TPSA) is 59.0 Å². The van der Waals surface area contributed by atoms with Crippen LogP contribution in [0.15, 0.2) is 53.3 Å². The lowest BCUT2D eigenvalue weighted by Gasteiger charge is -2.32. The third-order valence-electron chi connectivity index (χ3n) is 4.89. The maximum atomic E-state index is 12.7. The van der Waals surface area contributed by atoms with E-state index < -0.39 is 0 Å². The van der Waals surface area contributed by atoms with Crippen LogP contribution in [0.2, 0.25) is 0 Å². The van der Waals surface area contributed by atoms with Gasteiger partial charge in [-0.15, -0.1) is 11.3 Å². The van der Waals surface area contributed by atoms with Gasteiger partial charge in [0.15, 0.2) is 5.16 Å². The number of pyridine rings is 1. The second-order valence-electron chi connectivity index (χ2n) is 6.90. The van der Waals surface area contributed by atoms with Gasteiger partial charge in [-0.25, -0.2) is 9.97 Å². The van der Waals surface area contributed by atoms with E-state index in [0.717, 1.165) is 58.7 Å². The molecule has 7 heteroatoms. The first-order valence-electron chi connectivity index (χ1n) is 9.40. The highest BCUT2D eigenvalue weighted by atomic mass is 32.2. The number of rotatable bonds is 5. The largest absolute Gasteiger partial charge is 0.337 e. The molecule has 0 aliphatic carbocycles. The molecule has 4 heterocycles. The molecule has 1 atom stereocenters. The molecule has 0 N–H and O–H groups in total. The number of aromatic nitrogens is 3. The number of nitrogens with zero attached hydrogens (tertiary/aromatic N) is 4. The molecule has 1 amide bonds. The summed E-state index contributed by atoms with van der Waals surface area (Å²) < 4.78 is 0. The molecule has 0 aromatic carbocycles. The Morgan fingerprint density at radius 1 is 1.29 bits per heavy atom. The summed E-state index contributed by atoms with van der Waals surface area (Å²) in [7, 11) is 0. The fourth-order valence-corrected chi connectivity index (χ4v) is 4.91. The van der Waals surface area contributed by atoms with E-state index in [-0.39, 0.29) is 11.8 Å². The van der Waals surface area contributed by atoms with E-state index in [9.17, 15) is 4.79 Å². The average Bonchev–Trinajstić information content (AvgIpc) is 3.28. The molecule has 0 spiro atoms. The standard InChI is InChI=1S/C21H22N4OS2/c1-15-12-23-21(28-14-17-7-2-3-9-22-17)24-19(15)16-6-4-10-25(13-16)20(26)18-8-5-11-27-18/h2-3,5,7-9,11-12,16H,4,6,10,13-14H2,1H3/t16-/m0/s1. The van der Waals surface area contributed by atoms with Gasteiger partial charge in [0.2, 0.25) is 0 Å². The molecule has 0 unspecified atom stereocenters. The van der Waals surface area contributed by atoms with Crippen LogP contribution in [-0.4, -0.2) is 38.8 Å². The van der Waals surface area contributed by atoms with Gasteiger partial charge in [-0.1, -0.05) is 23.9 Å². The van der Waals surface area contributed by atoms with E-state index in [0.29, 0.717) is 0 Å². The number of amides is 1. The number of thiophene rings is 1. The Morgan fingerprint density at radius 2 is 2.21 bits per heavy atom. The summed E-state index contributed by atoms with van der Waals surface area (Å²) in [5.74, 6) is 1.14. The van der Waals surface area contributed by atoms with Gasteiger partial charge in [-0.3, -0.25) is 9.78 Å². The zero-order valence-corrected chi connectivity index (χ0v) is 17.4. The van der Waals surface area contributed by atoms with Gasteiger partial charge in [0.25, 0.3) is 5.91 Å². The van der Waals surface area contributed by atoms with Crippen LogP contribution < -0.4 is 0 Å². The van der Waals surface area contributed by atoms with Crippen LogP contribution in [0.25, 0.3) is 0 Å². The highest BCUT2D eigenvalue weighted by molar-refractivity contribution is 7.98. The molecule has 1 aliphatic rings. The molecule has 3 aromatic heterocycles. The lowest BCUT2D eigenvalue weighted by molar-refractivity contribution is 0.0710. The van der Waals surface area contributed by atoms with Gasteiger partial charge in [0, 0.05) is 37.2 Å². The molecule has 28 heavy (non-hydrogen) atoms. The van der Waals surface area contributed by atoms with Crippen LogP contribution in [0, 0.1) is 6.92 Å². The minimum atomic E-state index is 0.135. The molecule has 3 aromatic rings. The number of hydrogen-bond donors (Lipinski definition) is 0. The fourth-order valence-electron chi connectivity index (χ4n) is 3.48. The molecular weight excluding hydrogens is 388 g/mol. The molecular formula is C21H22N4OS2. The normalized spacial score (nSPS) is 16.9. The summed E-state index contributed by atoms with van der Waals surface area (Å²) in [5.41, 5.74) is 3.18. The monoisotopic (exact) mass is 410 g/mol. The van der Waals surface area contributed by atoms with Gasteiger partial charge < -0.3 is 4.90 Å². The Labute approximate surface area is 173 Å². The smallest absolute Gasteiger partial charge is 0.263 e. The first kappa shape index (κ1) is 19.1. The summed E-state index contributed by atoms with van der Waals surface area (Å²) >= 11 is 3.11. The zero-order chi connectivity index (χ0) is 19.3. The number of carbonyl (C=O) groups excluding carboxylic acids is 1. The first-order valence-corrected chi connectivity index (χ1v) is 11.3. The van der Waals surface area contributed by atoms with Crippen LogP contribution in [0.4, 0.5) is 0 Å². The van der Waals surface area contributed by atoms with Crippen molar-refractivity contribution in [1.82, 2.24) is 19.9 Å². The number of likely N-dealkylation sites (tertiary alicyclic amines) is 1. The Bertz CT molecular complexity index is 931. The van der Waals surface area contributed by atoms with E-state index in [4.69, 9.17) is 4.98 Å². The van der Waals surface area contributed by atoms with Crippen LogP contribution in [0.5, 0.6) is 0 Å². The summed E-state index contributed by atoms with van der Waals surface area (Å²) in [6.07, 6.45) is 5.76. The summed E-state index contributed by atoms with van der Waals surface area (Å²) in [4.78, 5) is 29.2. The summed E-state index contributed by atoms with van der Waals surface area (Å²) in [6, 6.07) is 9.75. The number of piperidine rings is 1. The minimum Gasteiger partial charge on any atom is -0.337 e. The first-order chi connectivity index (χ1) is 13.7.